The summed E-state index contributed by atoms with van der Waals surface area (Å²) in [4.78, 5) is 0.338. The van der Waals surface area contributed by atoms with Crippen LogP contribution in [-0.2, 0) is 10.0 Å². The van der Waals surface area contributed by atoms with E-state index in [-0.39, 0.29) is 0 Å². The first-order chi connectivity index (χ1) is 9.04. The lowest BCUT2D eigenvalue weighted by Gasteiger charge is -2.21. The lowest BCUT2D eigenvalue weighted by Crippen LogP contribution is -2.31. The fraction of sp³-hybridized carbons (Fsp3) is 0.571. The van der Waals surface area contributed by atoms with Gasteiger partial charge in [-0.1, -0.05) is 28.4 Å². The van der Waals surface area contributed by atoms with Crippen molar-refractivity contribution in [3.63, 3.8) is 0 Å². The van der Waals surface area contributed by atoms with E-state index in [0.717, 1.165) is 16.3 Å². The maximum Gasteiger partial charge on any atom is 0.240 e. The number of hydrogen-bond acceptors (Lipinski definition) is 2. The van der Waals surface area contributed by atoms with Crippen LogP contribution in [0.1, 0.15) is 25.7 Å². The lowest BCUT2D eigenvalue weighted by atomic mass is 9.89. The third-order valence-corrected chi connectivity index (χ3v) is 6.44. The van der Waals surface area contributed by atoms with Gasteiger partial charge in [0.05, 0.1) is 4.90 Å². The molecule has 2 aliphatic carbocycles. The maximum atomic E-state index is 12.2. The standard InChI is InChI=1S/C14H18BrNO2S/c15-13-2-1-3-14(8-13)19(17,18)16-9-12-7-10-4-5-11(12)6-10/h1-3,8,10-12,16H,4-7,9H2. The van der Waals surface area contributed by atoms with Crippen LogP contribution in [-0.4, -0.2) is 15.0 Å². The Labute approximate surface area is 123 Å². The molecular formula is C14H18BrNO2S. The van der Waals surface area contributed by atoms with E-state index in [1.54, 1.807) is 18.2 Å². The quantitative estimate of drug-likeness (QED) is 0.912. The Balaban J connectivity index is 1.66. The van der Waals surface area contributed by atoms with Crippen molar-refractivity contribution in [2.75, 3.05) is 6.54 Å². The Morgan fingerprint density at radius 2 is 2.11 bits per heavy atom. The van der Waals surface area contributed by atoms with Gasteiger partial charge in [0.2, 0.25) is 10.0 Å². The van der Waals surface area contributed by atoms with E-state index in [1.165, 1.54) is 25.7 Å². The van der Waals surface area contributed by atoms with Crippen molar-refractivity contribution in [1.29, 1.82) is 0 Å². The van der Waals surface area contributed by atoms with Crippen LogP contribution < -0.4 is 4.72 Å². The van der Waals surface area contributed by atoms with Crippen LogP contribution in [0.3, 0.4) is 0 Å². The average Bonchev–Trinajstić information content (AvgIpc) is 2.98. The van der Waals surface area contributed by atoms with Crippen LogP contribution in [0.15, 0.2) is 33.6 Å². The van der Waals surface area contributed by atoms with Crippen molar-refractivity contribution in [1.82, 2.24) is 4.72 Å². The van der Waals surface area contributed by atoms with Crippen LogP contribution in [0, 0.1) is 17.8 Å². The van der Waals surface area contributed by atoms with Gasteiger partial charge in [-0.15, -0.1) is 0 Å². The highest BCUT2D eigenvalue weighted by molar-refractivity contribution is 9.10. The minimum atomic E-state index is -3.37. The summed E-state index contributed by atoms with van der Waals surface area (Å²) in [5.74, 6) is 2.14. The van der Waals surface area contributed by atoms with Crippen LogP contribution in [0.2, 0.25) is 0 Å². The Bertz CT molecular complexity index is 573. The Morgan fingerprint density at radius 3 is 2.74 bits per heavy atom. The Morgan fingerprint density at radius 1 is 1.26 bits per heavy atom. The number of benzene rings is 1. The molecule has 0 saturated heterocycles. The second-order valence-electron chi connectivity index (χ2n) is 5.74. The molecule has 2 fully saturated rings. The summed E-state index contributed by atoms with van der Waals surface area (Å²) in [6, 6.07) is 6.85. The predicted octanol–water partition coefficient (Wildman–Crippen LogP) is 3.16. The molecule has 2 bridgehead atoms. The monoisotopic (exact) mass is 343 g/mol. The van der Waals surface area contributed by atoms with Gasteiger partial charge in [-0.2, -0.15) is 0 Å². The molecule has 1 aromatic rings. The van der Waals surface area contributed by atoms with E-state index in [4.69, 9.17) is 0 Å². The van der Waals surface area contributed by atoms with Crippen molar-refractivity contribution in [3.05, 3.63) is 28.7 Å². The zero-order valence-corrected chi connectivity index (χ0v) is 13.1. The van der Waals surface area contributed by atoms with Gasteiger partial charge in [0, 0.05) is 11.0 Å². The zero-order chi connectivity index (χ0) is 13.5. The molecule has 3 unspecified atom stereocenters. The van der Waals surface area contributed by atoms with Crippen LogP contribution in [0.25, 0.3) is 0 Å². The number of hydrogen-bond donors (Lipinski definition) is 1. The van der Waals surface area contributed by atoms with Gasteiger partial charge < -0.3 is 0 Å². The molecule has 0 aliphatic heterocycles. The molecule has 0 radical (unpaired) electrons. The number of nitrogens with one attached hydrogen (secondary N) is 1. The molecule has 2 aliphatic rings. The van der Waals surface area contributed by atoms with E-state index < -0.39 is 10.0 Å². The highest BCUT2D eigenvalue weighted by Gasteiger charge is 2.39. The van der Waals surface area contributed by atoms with Gasteiger partial charge in [-0.25, -0.2) is 13.1 Å². The molecule has 2 saturated carbocycles. The zero-order valence-electron chi connectivity index (χ0n) is 10.7. The summed E-state index contributed by atoms with van der Waals surface area (Å²) in [7, 11) is -3.37. The van der Waals surface area contributed by atoms with E-state index in [0.29, 0.717) is 17.4 Å². The summed E-state index contributed by atoms with van der Waals surface area (Å²) in [5, 5.41) is 0. The summed E-state index contributed by atoms with van der Waals surface area (Å²) in [6.07, 6.45) is 5.14. The van der Waals surface area contributed by atoms with Crippen molar-refractivity contribution in [2.24, 2.45) is 17.8 Å². The van der Waals surface area contributed by atoms with Crippen LogP contribution in [0.5, 0.6) is 0 Å². The van der Waals surface area contributed by atoms with E-state index >= 15 is 0 Å². The highest BCUT2D eigenvalue weighted by Crippen LogP contribution is 2.48. The Kier molecular flexibility index (Phi) is 3.71. The SMILES string of the molecule is O=S(=O)(NCC1CC2CCC1C2)c1cccc(Br)c1. The van der Waals surface area contributed by atoms with Crippen molar-refractivity contribution < 1.29 is 8.42 Å². The first kappa shape index (κ1) is 13.6. The van der Waals surface area contributed by atoms with E-state index in [2.05, 4.69) is 20.7 Å². The predicted molar refractivity (Wildman–Crippen MR) is 78.3 cm³/mol. The smallest absolute Gasteiger partial charge is 0.211 e. The molecule has 0 heterocycles. The third-order valence-electron chi connectivity index (χ3n) is 4.53. The van der Waals surface area contributed by atoms with Crippen molar-refractivity contribution in [2.45, 2.75) is 30.6 Å². The first-order valence-corrected chi connectivity index (χ1v) is 9.07. The second kappa shape index (κ2) is 5.19. The number of halogens is 1. The topological polar surface area (TPSA) is 46.2 Å². The molecule has 5 heteroatoms. The molecule has 3 atom stereocenters. The summed E-state index contributed by atoms with van der Waals surface area (Å²) in [6.45, 7) is 0.593. The number of fused-ring (bicyclic) bond motifs is 2. The molecule has 3 rings (SSSR count). The molecular weight excluding hydrogens is 326 g/mol. The van der Waals surface area contributed by atoms with Crippen molar-refractivity contribution >= 4 is 26.0 Å². The molecule has 0 aromatic heterocycles. The normalized spacial score (nSPS) is 29.8. The molecule has 104 valence electrons. The average molecular weight is 344 g/mol. The second-order valence-corrected chi connectivity index (χ2v) is 8.43. The minimum absolute atomic E-state index is 0.338. The van der Waals surface area contributed by atoms with Crippen LogP contribution in [0.4, 0.5) is 0 Å². The molecule has 3 nitrogen and oxygen atoms in total. The van der Waals surface area contributed by atoms with Crippen LogP contribution >= 0.6 is 15.9 Å². The number of rotatable bonds is 4. The molecule has 0 spiro atoms. The van der Waals surface area contributed by atoms with Crippen molar-refractivity contribution in [3.8, 4) is 0 Å². The molecule has 1 aromatic carbocycles. The van der Waals surface area contributed by atoms with E-state index in [1.807, 2.05) is 6.07 Å². The molecule has 1 N–H and O–H groups in total. The fourth-order valence-corrected chi connectivity index (χ4v) is 5.25. The fourth-order valence-electron chi connectivity index (χ4n) is 3.56. The van der Waals surface area contributed by atoms with Gasteiger partial charge >= 0.3 is 0 Å². The Hall–Kier alpha value is -0.390. The van der Waals surface area contributed by atoms with Gasteiger partial charge in [0.15, 0.2) is 0 Å². The maximum absolute atomic E-state index is 12.2. The van der Waals surface area contributed by atoms with Gasteiger partial charge in [-0.05, 0) is 55.2 Å². The molecule has 19 heavy (non-hydrogen) atoms. The summed E-state index contributed by atoms with van der Waals surface area (Å²) >= 11 is 3.31. The highest BCUT2D eigenvalue weighted by atomic mass is 79.9. The largest absolute Gasteiger partial charge is 0.240 e. The summed E-state index contributed by atoms with van der Waals surface area (Å²) < 4.78 is 28.0. The van der Waals surface area contributed by atoms with Gasteiger partial charge in [0.1, 0.15) is 0 Å². The van der Waals surface area contributed by atoms with Gasteiger partial charge in [0.25, 0.3) is 0 Å². The van der Waals surface area contributed by atoms with E-state index in [9.17, 15) is 8.42 Å². The third kappa shape index (κ3) is 2.88. The summed E-state index contributed by atoms with van der Waals surface area (Å²) in [5.41, 5.74) is 0. The first-order valence-electron chi connectivity index (χ1n) is 6.80. The number of sulfonamides is 1. The molecule has 0 amide bonds. The van der Waals surface area contributed by atoms with Gasteiger partial charge in [-0.3, -0.25) is 0 Å². The minimum Gasteiger partial charge on any atom is -0.211 e. The lowest BCUT2D eigenvalue weighted by molar-refractivity contribution is 0.333.